The first-order valence-electron chi connectivity index (χ1n) is 6.24. The van der Waals surface area contributed by atoms with Gasteiger partial charge in [-0.3, -0.25) is 14.4 Å². The molecule has 11 nitrogen and oxygen atoms in total. The number of hydrogen-bond acceptors (Lipinski definition) is 8. The predicted octanol–water partition coefficient (Wildman–Crippen LogP) is -3.92. The lowest BCUT2D eigenvalue weighted by Gasteiger charge is -2.40. The Morgan fingerprint density at radius 2 is 1.59 bits per heavy atom. The van der Waals surface area contributed by atoms with E-state index in [9.17, 15) is 29.7 Å². The van der Waals surface area contributed by atoms with Crippen LogP contribution in [0.1, 0.15) is 6.42 Å². The van der Waals surface area contributed by atoms with Gasteiger partial charge in [-0.25, -0.2) is 0 Å². The zero-order valence-electron chi connectivity index (χ0n) is 11.2. The Kier molecular flexibility index (Phi) is 6.20. The lowest BCUT2D eigenvalue weighted by atomic mass is 9.96. The number of aliphatic hydroxyl groups is 4. The average Bonchev–Trinajstić information content (AvgIpc) is 2.44. The normalized spacial score (nSPS) is 31.8. The highest BCUT2D eigenvalue weighted by atomic mass is 16.6. The van der Waals surface area contributed by atoms with Crippen LogP contribution < -0.4 is 5.32 Å². The number of amides is 1. The maximum absolute atomic E-state index is 11.6. The molecule has 0 spiro atoms. The lowest BCUT2D eigenvalue weighted by Crippen LogP contribution is -2.64. The molecule has 0 aromatic heterocycles. The molecule has 1 aliphatic rings. The molecule has 126 valence electrons. The van der Waals surface area contributed by atoms with Crippen LogP contribution >= 0.6 is 0 Å². The summed E-state index contributed by atoms with van der Waals surface area (Å²) in [5, 5.41) is 57.2. The third kappa shape index (κ3) is 4.11. The van der Waals surface area contributed by atoms with E-state index in [1.807, 2.05) is 5.32 Å². The molecule has 0 aliphatic carbocycles. The minimum Gasteiger partial charge on any atom is -0.481 e. The smallest absolute Gasteiger partial charge is 0.318 e. The van der Waals surface area contributed by atoms with Crippen LogP contribution in [-0.4, -0.2) is 85.7 Å². The highest BCUT2D eigenvalue weighted by Gasteiger charge is 2.44. The fourth-order valence-electron chi connectivity index (χ4n) is 1.96. The van der Waals surface area contributed by atoms with E-state index in [1.54, 1.807) is 0 Å². The van der Waals surface area contributed by atoms with Crippen molar-refractivity contribution in [2.75, 3.05) is 6.61 Å². The molecule has 1 rings (SSSR count). The number of nitrogens with one attached hydrogen (secondary N) is 1. The molecule has 0 radical (unpaired) electrons. The molecule has 0 saturated carbocycles. The maximum Gasteiger partial charge on any atom is 0.318 e. The zero-order chi connectivity index (χ0) is 17.0. The number of hydrogen-bond donors (Lipinski definition) is 7. The number of rotatable bonds is 6. The molecule has 1 fully saturated rings. The molecule has 0 aromatic carbocycles. The van der Waals surface area contributed by atoms with Crippen LogP contribution in [0.5, 0.6) is 0 Å². The topological polar surface area (TPSA) is 194 Å². The number of aliphatic carboxylic acids is 2. The molecule has 11 heteroatoms. The molecular formula is C11H17NO10. The minimum absolute atomic E-state index is 0.684. The van der Waals surface area contributed by atoms with Gasteiger partial charge in [-0.15, -0.1) is 0 Å². The Morgan fingerprint density at radius 3 is 2.05 bits per heavy atom. The van der Waals surface area contributed by atoms with Crippen LogP contribution in [0.15, 0.2) is 0 Å². The summed E-state index contributed by atoms with van der Waals surface area (Å²) in [4.78, 5) is 33.0. The number of carbonyl (C=O) groups excluding carboxylic acids is 1. The number of ether oxygens (including phenoxy) is 1. The van der Waals surface area contributed by atoms with E-state index >= 15 is 0 Å². The quantitative estimate of drug-likeness (QED) is 0.237. The highest BCUT2D eigenvalue weighted by Crippen LogP contribution is 2.20. The molecule has 5 unspecified atom stereocenters. The van der Waals surface area contributed by atoms with Gasteiger partial charge in [0.05, 0.1) is 13.0 Å². The second-order valence-electron chi connectivity index (χ2n) is 4.76. The molecule has 0 bridgehead atoms. The summed E-state index contributed by atoms with van der Waals surface area (Å²) in [6.45, 7) is -0.684. The van der Waals surface area contributed by atoms with Crippen molar-refractivity contribution in [2.45, 2.75) is 37.1 Å². The van der Waals surface area contributed by atoms with Crippen molar-refractivity contribution in [2.24, 2.45) is 5.92 Å². The van der Waals surface area contributed by atoms with Gasteiger partial charge >= 0.3 is 11.9 Å². The first kappa shape index (κ1) is 18.3. The number of carboxylic acid groups (broad SMARTS) is 2. The van der Waals surface area contributed by atoms with Crippen LogP contribution in [0.2, 0.25) is 0 Å². The summed E-state index contributed by atoms with van der Waals surface area (Å²) in [6, 6.07) is -1.51. The number of aliphatic hydroxyl groups excluding tert-OH is 4. The van der Waals surface area contributed by atoms with Crippen LogP contribution in [0.3, 0.4) is 0 Å². The Labute approximate surface area is 123 Å². The minimum atomic E-state index is -1.99. The van der Waals surface area contributed by atoms with E-state index < -0.39 is 67.4 Å². The fourth-order valence-corrected chi connectivity index (χ4v) is 1.96. The third-order valence-electron chi connectivity index (χ3n) is 3.21. The monoisotopic (exact) mass is 323 g/mol. The van der Waals surface area contributed by atoms with Crippen molar-refractivity contribution in [1.29, 1.82) is 0 Å². The predicted molar refractivity (Wildman–Crippen MR) is 65.3 cm³/mol. The molecule has 1 aliphatic heterocycles. The summed E-state index contributed by atoms with van der Waals surface area (Å²) in [5.74, 6) is -6.50. The summed E-state index contributed by atoms with van der Waals surface area (Å²) in [5.41, 5.74) is 0. The van der Waals surface area contributed by atoms with Gasteiger partial charge in [0.1, 0.15) is 24.4 Å². The average molecular weight is 323 g/mol. The van der Waals surface area contributed by atoms with Crippen LogP contribution in [-0.2, 0) is 19.1 Å². The van der Waals surface area contributed by atoms with Gasteiger partial charge in [0.2, 0.25) is 5.91 Å². The van der Waals surface area contributed by atoms with Gasteiger partial charge in [0.15, 0.2) is 12.2 Å². The molecule has 7 N–H and O–H groups in total. The Morgan fingerprint density at radius 1 is 1.05 bits per heavy atom. The van der Waals surface area contributed by atoms with Gasteiger partial charge in [0.25, 0.3) is 0 Å². The van der Waals surface area contributed by atoms with E-state index in [1.165, 1.54) is 0 Å². The Balaban J connectivity index is 2.70. The van der Waals surface area contributed by atoms with Gasteiger partial charge in [-0.05, 0) is 0 Å². The molecule has 1 saturated heterocycles. The maximum atomic E-state index is 11.6. The summed E-state index contributed by atoms with van der Waals surface area (Å²) in [7, 11) is 0. The fraction of sp³-hybridized carbons (Fsp3) is 0.727. The molecule has 0 aromatic rings. The second-order valence-corrected chi connectivity index (χ2v) is 4.76. The molecule has 1 amide bonds. The van der Waals surface area contributed by atoms with Crippen molar-refractivity contribution in [3.05, 3.63) is 0 Å². The van der Waals surface area contributed by atoms with Gasteiger partial charge in [-0.1, -0.05) is 0 Å². The van der Waals surface area contributed by atoms with E-state index in [4.69, 9.17) is 20.1 Å². The first-order valence-corrected chi connectivity index (χ1v) is 6.24. The van der Waals surface area contributed by atoms with Crippen molar-refractivity contribution in [3.63, 3.8) is 0 Å². The first-order chi connectivity index (χ1) is 10.2. The van der Waals surface area contributed by atoms with Crippen molar-refractivity contribution in [3.8, 4) is 0 Å². The van der Waals surface area contributed by atoms with Crippen molar-refractivity contribution in [1.82, 2.24) is 5.32 Å². The molecule has 1 heterocycles. The van der Waals surface area contributed by atoms with E-state index in [0.717, 1.165) is 0 Å². The van der Waals surface area contributed by atoms with Crippen LogP contribution in [0.25, 0.3) is 0 Å². The van der Waals surface area contributed by atoms with E-state index in [0.29, 0.717) is 0 Å². The lowest BCUT2D eigenvalue weighted by molar-refractivity contribution is -0.253. The molecular weight excluding hydrogens is 306 g/mol. The zero-order valence-corrected chi connectivity index (χ0v) is 11.2. The van der Waals surface area contributed by atoms with E-state index in [2.05, 4.69) is 0 Å². The molecule has 5 atom stereocenters. The Hall–Kier alpha value is -1.79. The number of carbonyl (C=O) groups is 3. The number of carboxylic acids is 2. The highest BCUT2D eigenvalue weighted by molar-refractivity contribution is 5.97. The van der Waals surface area contributed by atoms with Crippen LogP contribution in [0.4, 0.5) is 0 Å². The SMILES string of the molecule is O=C(CC(C(=O)O)C(=O)O)NC1C(O)OC(CO)C(O)C1O. The molecule has 22 heavy (non-hydrogen) atoms. The standard InChI is InChI=1S/C11H17NO10/c13-2-4-7(15)8(16)6(11(21)22-4)12-5(14)1-3(9(17)18)10(19)20/h3-4,6-8,11,13,15-16,21H,1-2H2,(H,12,14)(H,17,18)(H,19,20). The van der Waals surface area contributed by atoms with Crippen LogP contribution in [0, 0.1) is 5.92 Å². The van der Waals surface area contributed by atoms with Gasteiger partial charge < -0.3 is 40.7 Å². The van der Waals surface area contributed by atoms with Gasteiger partial charge in [-0.2, -0.15) is 0 Å². The third-order valence-corrected chi connectivity index (χ3v) is 3.21. The summed E-state index contributed by atoms with van der Waals surface area (Å²) in [6.07, 6.45) is -7.26. The van der Waals surface area contributed by atoms with Gasteiger partial charge in [0, 0.05) is 0 Å². The summed E-state index contributed by atoms with van der Waals surface area (Å²) < 4.78 is 4.78. The van der Waals surface area contributed by atoms with Crippen molar-refractivity contribution >= 4 is 17.8 Å². The summed E-state index contributed by atoms with van der Waals surface area (Å²) >= 11 is 0. The van der Waals surface area contributed by atoms with Crippen molar-refractivity contribution < 1.29 is 49.8 Å². The largest absolute Gasteiger partial charge is 0.481 e. The van der Waals surface area contributed by atoms with E-state index in [-0.39, 0.29) is 0 Å². The second kappa shape index (κ2) is 7.47. The Bertz CT molecular complexity index is 427.